The van der Waals surface area contributed by atoms with Gasteiger partial charge in [0.15, 0.2) is 18.3 Å². The van der Waals surface area contributed by atoms with Gasteiger partial charge < -0.3 is 29.4 Å². The van der Waals surface area contributed by atoms with E-state index >= 15 is 0 Å². The number of aromatic nitrogens is 1. The van der Waals surface area contributed by atoms with Crippen LogP contribution in [0.2, 0.25) is 0 Å². The highest BCUT2D eigenvalue weighted by Crippen LogP contribution is 2.34. The second-order valence-electron chi connectivity index (χ2n) is 8.45. The number of anilines is 1. The lowest BCUT2D eigenvalue weighted by Crippen LogP contribution is -2.62. The average molecular weight is 546 g/mol. The van der Waals surface area contributed by atoms with E-state index in [-0.39, 0.29) is 24.4 Å². The molecular formula is C25H27N3O9S. The maximum atomic E-state index is 12.0. The Bertz CT molecular complexity index is 1240. The summed E-state index contributed by atoms with van der Waals surface area (Å²) in [4.78, 5) is 52.6. The first-order chi connectivity index (χ1) is 18.0. The van der Waals surface area contributed by atoms with E-state index in [9.17, 15) is 24.4 Å². The lowest BCUT2D eigenvalue weighted by Gasteiger charge is -2.44. The van der Waals surface area contributed by atoms with Gasteiger partial charge in [-0.1, -0.05) is 6.07 Å². The summed E-state index contributed by atoms with van der Waals surface area (Å²) in [6, 6.07) is 7.41. The standard InChI is InChI=1S/C25H27N3O9S/c1-12(29)33-11-20-23(35-14(3)31)24(36-15(4)32)22(34-13(2)30)19(37-20)9-16-8-17(21-6-5-7-38-21)18(10-26)25(27)28-16/h5-8,19-20,22-24H,9,11H2,1-4H3,(H2,27,28)/t19-,20+,22-,23+,24+/m0/s1. The first-order valence-electron chi connectivity index (χ1n) is 11.5. The highest BCUT2D eigenvalue weighted by atomic mass is 32.1. The zero-order valence-corrected chi connectivity index (χ0v) is 22.0. The molecule has 0 spiro atoms. The van der Waals surface area contributed by atoms with Crippen molar-refractivity contribution in [1.82, 2.24) is 4.98 Å². The van der Waals surface area contributed by atoms with Gasteiger partial charge in [0.25, 0.3) is 0 Å². The third-order valence-electron chi connectivity index (χ3n) is 5.50. The maximum absolute atomic E-state index is 12.0. The molecule has 1 aliphatic rings. The van der Waals surface area contributed by atoms with Crippen molar-refractivity contribution >= 4 is 41.0 Å². The Labute approximate surface area is 222 Å². The number of nitriles is 1. The number of carbonyl (C=O) groups is 4. The SMILES string of the molecule is CC(=O)OC[C@H]1O[C@@H](Cc2cc(-c3cccs3)c(C#N)c(N)n2)[C@H](OC(C)=O)[C@@H](OC(C)=O)[C@@H]1OC(C)=O. The fraction of sp³-hybridized carbons (Fsp3) is 0.440. The molecule has 0 aliphatic carbocycles. The van der Waals surface area contributed by atoms with Crippen LogP contribution in [0.4, 0.5) is 5.82 Å². The lowest BCUT2D eigenvalue weighted by atomic mass is 9.91. The van der Waals surface area contributed by atoms with Gasteiger partial charge in [-0.05, 0) is 17.5 Å². The van der Waals surface area contributed by atoms with Gasteiger partial charge >= 0.3 is 23.9 Å². The Kier molecular flexibility index (Phi) is 9.38. The minimum absolute atomic E-state index is 0.000894. The minimum Gasteiger partial charge on any atom is -0.463 e. The average Bonchev–Trinajstić information content (AvgIpc) is 3.35. The number of ether oxygens (including phenoxy) is 5. The van der Waals surface area contributed by atoms with Crippen LogP contribution in [0.5, 0.6) is 0 Å². The van der Waals surface area contributed by atoms with E-state index < -0.39 is 54.4 Å². The Morgan fingerprint density at radius 2 is 1.61 bits per heavy atom. The molecule has 13 heteroatoms. The van der Waals surface area contributed by atoms with E-state index in [1.54, 1.807) is 6.07 Å². The number of hydrogen-bond donors (Lipinski definition) is 1. The van der Waals surface area contributed by atoms with Crippen molar-refractivity contribution in [2.24, 2.45) is 0 Å². The van der Waals surface area contributed by atoms with Crippen LogP contribution < -0.4 is 5.73 Å². The molecule has 3 heterocycles. The molecule has 0 amide bonds. The van der Waals surface area contributed by atoms with E-state index in [1.807, 2.05) is 17.5 Å². The summed E-state index contributed by atoms with van der Waals surface area (Å²) in [5.74, 6) is -2.76. The molecule has 3 rings (SSSR count). The quantitative estimate of drug-likeness (QED) is 0.377. The van der Waals surface area contributed by atoms with Crippen LogP contribution >= 0.6 is 11.3 Å². The zero-order valence-electron chi connectivity index (χ0n) is 21.2. The molecule has 38 heavy (non-hydrogen) atoms. The third-order valence-corrected chi connectivity index (χ3v) is 6.40. The smallest absolute Gasteiger partial charge is 0.303 e. The van der Waals surface area contributed by atoms with Crippen LogP contribution in [0.15, 0.2) is 23.6 Å². The van der Waals surface area contributed by atoms with Crippen LogP contribution in [0, 0.1) is 11.3 Å². The third kappa shape index (κ3) is 7.05. The number of nitrogens with two attached hydrogens (primary N) is 1. The van der Waals surface area contributed by atoms with Crippen molar-refractivity contribution in [2.45, 2.75) is 64.6 Å². The summed E-state index contributed by atoms with van der Waals surface area (Å²) >= 11 is 1.41. The van der Waals surface area contributed by atoms with E-state index in [0.717, 1.165) is 18.7 Å². The zero-order chi connectivity index (χ0) is 28.0. The van der Waals surface area contributed by atoms with Crippen molar-refractivity contribution in [3.05, 3.63) is 34.8 Å². The van der Waals surface area contributed by atoms with Gasteiger partial charge in [0.2, 0.25) is 0 Å². The summed E-state index contributed by atoms with van der Waals surface area (Å²) in [6.45, 7) is 4.33. The van der Waals surface area contributed by atoms with Gasteiger partial charge in [0.05, 0.1) is 0 Å². The fourth-order valence-electron chi connectivity index (χ4n) is 4.16. The number of pyridine rings is 1. The fourth-order valence-corrected chi connectivity index (χ4v) is 4.91. The second-order valence-corrected chi connectivity index (χ2v) is 9.40. The van der Waals surface area contributed by atoms with Crippen LogP contribution in [0.25, 0.3) is 10.4 Å². The summed E-state index contributed by atoms with van der Waals surface area (Å²) in [5, 5.41) is 11.5. The summed E-state index contributed by atoms with van der Waals surface area (Å²) in [5.41, 5.74) is 7.26. The highest BCUT2D eigenvalue weighted by Gasteiger charge is 2.52. The highest BCUT2D eigenvalue weighted by molar-refractivity contribution is 7.13. The van der Waals surface area contributed by atoms with Gasteiger partial charge in [0, 0.05) is 50.3 Å². The van der Waals surface area contributed by atoms with Crippen molar-refractivity contribution < 1.29 is 42.9 Å². The monoisotopic (exact) mass is 545 g/mol. The number of thiophene rings is 1. The normalized spacial score (nSPS) is 22.6. The molecular weight excluding hydrogens is 518 g/mol. The molecule has 1 fully saturated rings. The first kappa shape index (κ1) is 28.5. The van der Waals surface area contributed by atoms with Gasteiger partial charge in [-0.3, -0.25) is 19.2 Å². The topological polar surface area (TPSA) is 177 Å². The van der Waals surface area contributed by atoms with Crippen LogP contribution in [-0.4, -0.2) is 66.0 Å². The van der Waals surface area contributed by atoms with E-state index in [4.69, 9.17) is 29.4 Å². The van der Waals surface area contributed by atoms with Crippen molar-refractivity contribution in [3.63, 3.8) is 0 Å². The van der Waals surface area contributed by atoms with Gasteiger partial charge in [0.1, 0.15) is 36.3 Å². The van der Waals surface area contributed by atoms with Crippen molar-refractivity contribution in [1.29, 1.82) is 5.26 Å². The summed E-state index contributed by atoms with van der Waals surface area (Å²) < 4.78 is 27.6. The van der Waals surface area contributed by atoms with Crippen molar-refractivity contribution in [3.8, 4) is 16.5 Å². The predicted octanol–water partition coefficient (Wildman–Crippen LogP) is 1.93. The van der Waals surface area contributed by atoms with Gasteiger partial charge in [-0.15, -0.1) is 11.3 Å². The number of nitrogens with zero attached hydrogens (tertiary/aromatic N) is 2. The molecule has 0 aromatic carbocycles. The Hall–Kier alpha value is -4.02. The molecule has 12 nitrogen and oxygen atoms in total. The van der Waals surface area contributed by atoms with Gasteiger partial charge in [-0.25, -0.2) is 4.98 Å². The molecule has 0 bridgehead atoms. The molecule has 1 aliphatic heterocycles. The minimum atomic E-state index is -1.29. The Balaban J connectivity index is 2.06. The molecule has 0 radical (unpaired) electrons. The van der Waals surface area contributed by atoms with Crippen LogP contribution in [0.1, 0.15) is 39.0 Å². The summed E-state index contributed by atoms with van der Waals surface area (Å²) in [7, 11) is 0. The van der Waals surface area contributed by atoms with Crippen molar-refractivity contribution in [2.75, 3.05) is 12.3 Å². The number of nitrogen functional groups attached to an aromatic ring is 1. The number of esters is 4. The maximum Gasteiger partial charge on any atom is 0.303 e. The van der Waals surface area contributed by atoms with E-state index in [2.05, 4.69) is 11.1 Å². The summed E-state index contributed by atoms with van der Waals surface area (Å²) in [6.07, 6.45) is -5.83. The largest absolute Gasteiger partial charge is 0.463 e. The molecule has 2 aromatic heterocycles. The molecule has 0 saturated carbocycles. The predicted molar refractivity (Wildman–Crippen MR) is 132 cm³/mol. The van der Waals surface area contributed by atoms with Crippen LogP contribution in [0.3, 0.4) is 0 Å². The number of carbonyl (C=O) groups excluding carboxylic acids is 4. The van der Waals surface area contributed by atoms with E-state index in [1.165, 1.54) is 25.2 Å². The number of rotatable bonds is 8. The molecule has 2 aromatic rings. The Morgan fingerprint density at radius 1 is 1.00 bits per heavy atom. The molecule has 5 atom stereocenters. The molecule has 202 valence electrons. The van der Waals surface area contributed by atoms with Crippen LogP contribution in [-0.2, 0) is 49.3 Å². The van der Waals surface area contributed by atoms with Gasteiger partial charge in [-0.2, -0.15) is 5.26 Å². The second kappa shape index (κ2) is 12.5. The Morgan fingerprint density at radius 3 is 2.13 bits per heavy atom. The van der Waals surface area contributed by atoms with E-state index in [0.29, 0.717) is 11.3 Å². The first-order valence-corrected chi connectivity index (χ1v) is 12.4. The molecule has 1 saturated heterocycles. The molecule has 2 N–H and O–H groups in total. The lowest BCUT2D eigenvalue weighted by molar-refractivity contribution is -0.252. The number of hydrogen-bond acceptors (Lipinski definition) is 13. The molecule has 0 unspecified atom stereocenters.